The molecule has 186 valence electrons. The number of amides is 2. The predicted octanol–water partition coefficient (Wildman–Crippen LogP) is 1.01. The van der Waals surface area contributed by atoms with E-state index in [-0.39, 0.29) is 46.9 Å². The molecular weight excluding hydrogens is 460 g/mol. The van der Waals surface area contributed by atoms with E-state index < -0.39 is 16.1 Å². The fourth-order valence-corrected chi connectivity index (χ4v) is 5.33. The van der Waals surface area contributed by atoms with Gasteiger partial charge in [-0.15, -0.1) is 0 Å². The van der Waals surface area contributed by atoms with E-state index in [9.17, 15) is 22.8 Å². The van der Waals surface area contributed by atoms with Crippen LogP contribution >= 0.6 is 0 Å². The molecule has 3 rings (SSSR count). The van der Waals surface area contributed by atoms with E-state index >= 15 is 0 Å². The average Bonchev–Trinajstić information content (AvgIpc) is 3.07. The van der Waals surface area contributed by atoms with Crippen LogP contribution < -0.4 is 4.72 Å². The van der Waals surface area contributed by atoms with Gasteiger partial charge in [-0.25, -0.2) is 8.42 Å². The summed E-state index contributed by atoms with van der Waals surface area (Å²) < 4.78 is 32.2. The van der Waals surface area contributed by atoms with E-state index in [1.54, 1.807) is 30.0 Å². The van der Waals surface area contributed by atoms with Crippen LogP contribution in [0.3, 0.4) is 0 Å². The highest BCUT2D eigenvalue weighted by Gasteiger charge is 2.34. The summed E-state index contributed by atoms with van der Waals surface area (Å²) >= 11 is 0. The minimum atomic E-state index is -3.72. The molecule has 10 nitrogen and oxygen atoms in total. The maximum absolute atomic E-state index is 13.2. The smallest absolute Gasteiger partial charge is 0.309 e. The van der Waals surface area contributed by atoms with E-state index in [2.05, 4.69) is 9.71 Å². The van der Waals surface area contributed by atoms with Gasteiger partial charge in [0.05, 0.1) is 24.0 Å². The second-order valence-electron chi connectivity index (χ2n) is 8.87. The van der Waals surface area contributed by atoms with Crippen LogP contribution in [0.1, 0.15) is 39.2 Å². The van der Waals surface area contributed by atoms with E-state index in [1.165, 1.54) is 18.0 Å². The van der Waals surface area contributed by atoms with Gasteiger partial charge in [0.25, 0.3) is 10.0 Å². The lowest BCUT2D eigenvalue weighted by Gasteiger charge is -2.32. The number of hydrogen-bond donors (Lipinski definition) is 1. The number of likely N-dealkylation sites (N-methyl/N-ethyl adjacent to an activating group) is 1. The average molecular weight is 493 g/mol. The second kappa shape index (κ2) is 10.5. The lowest BCUT2D eigenvalue weighted by atomic mass is 9.97. The first-order valence-electron chi connectivity index (χ1n) is 11.4. The Morgan fingerprint density at radius 1 is 1.21 bits per heavy atom. The standard InChI is InChI=1S/C23H32N4O6S/c1-5-33-23(30)16-10-12-27(13-11-16)19(28)14-26(4)22(29)20(15(2)3)24-21-17-8-6-7-9-18(17)34(31,32)25-21/h6-9,15-16,20H,5,10-14H2,1-4H3,(H,24,25)/t20-/m0/s1. The monoisotopic (exact) mass is 492 g/mol. The number of aliphatic imine (C=N–C) groups is 1. The third-order valence-electron chi connectivity index (χ3n) is 6.03. The third-order valence-corrected chi connectivity index (χ3v) is 7.43. The molecule has 1 fully saturated rings. The summed E-state index contributed by atoms with van der Waals surface area (Å²) in [5, 5.41) is 0. The summed E-state index contributed by atoms with van der Waals surface area (Å²) in [6.07, 6.45) is 1.06. The molecule has 1 atom stereocenters. The van der Waals surface area contributed by atoms with E-state index in [1.807, 2.05) is 13.8 Å². The molecule has 2 aliphatic rings. The fraction of sp³-hybridized carbons (Fsp3) is 0.565. The number of rotatable bonds is 7. The molecule has 0 saturated carbocycles. The number of nitrogens with one attached hydrogen (secondary N) is 1. The van der Waals surface area contributed by atoms with Crippen molar-refractivity contribution in [3.63, 3.8) is 0 Å². The molecule has 0 aliphatic carbocycles. The number of hydrogen-bond acceptors (Lipinski definition) is 7. The van der Waals surface area contributed by atoms with Crippen LogP contribution in [-0.4, -0.2) is 81.2 Å². The van der Waals surface area contributed by atoms with Gasteiger partial charge in [0.15, 0.2) is 0 Å². The maximum atomic E-state index is 13.2. The Balaban J connectivity index is 1.66. The van der Waals surface area contributed by atoms with Crippen LogP contribution in [0.15, 0.2) is 34.2 Å². The Bertz CT molecular complexity index is 1080. The topological polar surface area (TPSA) is 125 Å². The highest BCUT2D eigenvalue weighted by Crippen LogP contribution is 2.24. The van der Waals surface area contributed by atoms with Gasteiger partial charge in [0.1, 0.15) is 11.9 Å². The first kappa shape index (κ1) is 25.7. The van der Waals surface area contributed by atoms with Crippen molar-refractivity contribution in [3.8, 4) is 0 Å². The van der Waals surface area contributed by atoms with Gasteiger partial charge in [-0.2, -0.15) is 0 Å². The van der Waals surface area contributed by atoms with Crippen molar-refractivity contribution in [3.05, 3.63) is 29.8 Å². The summed E-state index contributed by atoms with van der Waals surface area (Å²) in [5.74, 6) is -1.12. The van der Waals surface area contributed by atoms with Crippen LogP contribution in [-0.2, 0) is 29.1 Å². The first-order valence-corrected chi connectivity index (χ1v) is 12.9. The molecule has 34 heavy (non-hydrogen) atoms. The Morgan fingerprint density at radius 2 is 1.85 bits per heavy atom. The molecule has 0 unspecified atom stereocenters. The zero-order valence-corrected chi connectivity index (χ0v) is 20.8. The molecule has 1 N–H and O–H groups in total. The number of ether oxygens (including phenoxy) is 1. The van der Waals surface area contributed by atoms with E-state index in [0.29, 0.717) is 38.1 Å². The van der Waals surface area contributed by atoms with Crippen molar-refractivity contribution in [1.29, 1.82) is 0 Å². The summed E-state index contributed by atoms with van der Waals surface area (Å²) in [6, 6.07) is 5.60. The van der Waals surface area contributed by atoms with Crippen LogP contribution in [0.4, 0.5) is 0 Å². The van der Waals surface area contributed by atoms with Gasteiger partial charge in [0, 0.05) is 25.7 Å². The number of carbonyl (C=O) groups excluding carboxylic acids is 3. The number of benzene rings is 1. The molecule has 11 heteroatoms. The van der Waals surface area contributed by atoms with Gasteiger partial charge in [-0.1, -0.05) is 26.0 Å². The van der Waals surface area contributed by atoms with Crippen LogP contribution in [0.25, 0.3) is 0 Å². The fourth-order valence-electron chi connectivity index (χ4n) is 4.09. The summed E-state index contributed by atoms with van der Waals surface area (Å²) in [5.41, 5.74) is 0.421. The number of nitrogens with zero attached hydrogens (tertiary/aromatic N) is 3. The molecule has 0 radical (unpaired) electrons. The molecule has 1 saturated heterocycles. The number of esters is 1. The number of fused-ring (bicyclic) bond motifs is 1. The predicted molar refractivity (Wildman–Crippen MR) is 126 cm³/mol. The second-order valence-corrected chi connectivity index (χ2v) is 10.5. The normalized spacial score (nSPS) is 19.4. The molecule has 2 heterocycles. The Morgan fingerprint density at radius 3 is 2.47 bits per heavy atom. The highest BCUT2D eigenvalue weighted by molar-refractivity contribution is 7.90. The molecule has 0 spiro atoms. The molecule has 1 aromatic rings. The van der Waals surface area contributed by atoms with Crippen LogP contribution in [0.5, 0.6) is 0 Å². The SMILES string of the molecule is CCOC(=O)C1CCN(C(=O)CN(C)C(=O)[C@@H](N=C2NS(=O)(=O)c3ccccc32)C(C)C)CC1. The lowest BCUT2D eigenvalue weighted by Crippen LogP contribution is -2.48. The van der Waals surface area contributed by atoms with Gasteiger partial charge < -0.3 is 14.5 Å². The molecule has 1 aromatic carbocycles. The maximum Gasteiger partial charge on any atom is 0.309 e. The van der Waals surface area contributed by atoms with Crippen LogP contribution in [0, 0.1) is 11.8 Å². The largest absolute Gasteiger partial charge is 0.466 e. The van der Waals surface area contributed by atoms with Crippen molar-refractivity contribution >= 4 is 33.6 Å². The summed E-state index contributed by atoms with van der Waals surface area (Å²) in [7, 11) is -2.18. The summed E-state index contributed by atoms with van der Waals surface area (Å²) in [6.45, 7) is 6.46. The minimum Gasteiger partial charge on any atom is -0.466 e. The Hall–Kier alpha value is -2.95. The highest BCUT2D eigenvalue weighted by atomic mass is 32.2. The quantitative estimate of drug-likeness (QED) is 0.567. The number of likely N-dealkylation sites (tertiary alicyclic amines) is 1. The summed E-state index contributed by atoms with van der Waals surface area (Å²) in [4.78, 5) is 45.4. The van der Waals surface area contributed by atoms with Gasteiger partial charge in [-0.3, -0.25) is 24.1 Å². The van der Waals surface area contributed by atoms with E-state index in [4.69, 9.17) is 4.74 Å². The van der Waals surface area contributed by atoms with Crippen molar-refractivity contribution in [2.24, 2.45) is 16.8 Å². The van der Waals surface area contributed by atoms with Gasteiger partial charge >= 0.3 is 5.97 Å². The number of amidine groups is 1. The Labute approximate surface area is 200 Å². The van der Waals surface area contributed by atoms with Gasteiger partial charge in [-0.05, 0) is 37.8 Å². The zero-order valence-electron chi connectivity index (χ0n) is 20.0. The lowest BCUT2D eigenvalue weighted by molar-refractivity contribution is -0.151. The Kier molecular flexibility index (Phi) is 7.96. The first-order chi connectivity index (χ1) is 16.0. The van der Waals surface area contributed by atoms with Gasteiger partial charge in [0.2, 0.25) is 11.8 Å². The van der Waals surface area contributed by atoms with Crippen molar-refractivity contribution in [2.75, 3.05) is 33.3 Å². The van der Waals surface area contributed by atoms with Crippen molar-refractivity contribution < 1.29 is 27.5 Å². The zero-order chi connectivity index (χ0) is 25.0. The molecular formula is C23H32N4O6S. The molecule has 2 amide bonds. The number of sulfonamides is 1. The molecule has 0 aromatic heterocycles. The van der Waals surface area contributed by atoms with Crippen molar-refractivity contribution in [2.45, 2.75) is 44.6 Å². The number of piperidine rings is 1. The third kappa shape index (κ3) is 5.57. The van der Waals surface area contributed by atoms with E-state index in [0.717, 1.165) is 0 Å². The van der Waals surface area contributed by atoms with Crippen LogP contribution in [0.2, 0.25) is 0 Å². The van der Waals surface area contributed by atoms with Crippen molar-refractivity contribution in [1.82, 2.24) is 14.5 Å². The molecule has 0 bridgehead atoms. The number of carbonyl (C=O) groups is 3. The minimum absolute atomic E-state index is 0.124. The molecule has 2 aliphatic heterocycles.